The molecule has 2 aliphatic rings. The molecule has 1 aliphatic carbocycles. The van der Waals surface area contributed by atoms with E-state index in [0.717, 1.165) is 30.6 Å². The quantitative estimate of drug-likeness (QED) is 0.657. The Balaban J connectivity index is 1.73. The number of benzene rings is 1. The summed E-state index contributed by atoms with van der Waals surface area (Å²) < 4.78 is 0. The number of hydrogen-bond donors (Lipinski definition) is 2. The molecule has 1 heterocycles. The van der Waals surface area contributed by atoms with E-state index in [2.05, 4.69) is 10.6 Å². The number of anilines is 1. The van der Waals surface area contributed by atoms with Gasteiger partial charge in [0.2, 0.25) is 0 Å². The summed E-state index contributed by atoms with van der Waals surface area (Å²) in [5.74, 6) is 0. The van der Waals surface area contributed by atoms with Crippen molar-refractivity contribution in [2.45, 2.75) is 50.6 Å². The molecule has 20 heavy (non-hydrogen) atoms. The number of non-ortho nitro benzene ring substituents is 1. The Kier molecular flexibility index (Phi) is 3.38. The van der Waals surface area contributed by atoms with Gasteiger partial charge in [0.1, 0.15) is 0 Å². The maximum absolute atomic E-state index is 10.9. The third kappa shape index (κ3) is 2.50. The number of aryl methyl sites for hydroxylation is 1. The lowest BCUT2D eigenvalue weighted by Crippen LogP contribution is -2.58. The number of rotatable bonds is 3. The lowest BCUT2D eigenvalue weighted by Gasteiger charge is -2.48. The van der Waals surface area contributed by atoms with E-state index >= 15 is 0 Å². The van der Waals surface area contributed by atoms with Gasteiger partial charge in [-0.1, -0.05) is 6.07 Å². The minimum atomic E-state index is -0.333. The number of nitrogens with zero attached hydrogens (tertiary/aromatic N) is 1. The summed E-state index contributed by atoms with van der Waals surface area (Å²) in [7, 11) is 0. The minimum Gasteiger partial charge on any atom is -0.382 e. The number of nitro groups is 1. The van der Waals surface area contributed by atoms with E-state index in [1.807, 2.05) is 13.0 Å². The van der Waals surface area contributed by atoms with Crippen LogP contribution in [-0.4, -0.2) is 23.0 Å². The Hall–Kier alpha value is -1.62. The summed E-state index contributed by atoms with van der Waals surface area (Å²) in [4.78, 5) is 10.6. The molecule has 0 amide bonds. The van der Waals surface area contributed by atoms with Crippen LogP contribution in [-0.2, 0) is 0 Å². The van der Waals surface area contributed by atoms with Crippen molar-refractivity contribution >= 4 is 11.4 Å². The van der Waals surface area contributed by atoms with E-state index in [1.54, 1.807) is 12.1 Å². The Labute approximate surface area is 118 Å². The van der Waals surface area contributed by atoms with E-state index in [9.17, 15) is 10.1 Å². The third-order valence-corrected chi connectivity index (χ3v) is 4.73. The number of piperidine rings is 1. The van der Waals surface area contributed by atoms with Crippen LogP contribution in [0.1, 0.15) is 37.7 Å². The lowest BCUT2D eigenvalue weighted by molar-refractivity contribution is -0.384. The molecule has 2 fully saturated rings. The fourth-order valence-corrected chi connectivity index (χ4v) is 3.36. The molecule has 1 saturated carbocycles. The van der Waals surface area contributed by atoms with Crippen LogP contribution in [0.15, 0.2) is 18.2 Å². The first-order valence-corrected chi connectivity index (χ1v) is 7.35. The van der Waals surface area contributed by atoms with Crippen molar-refractivity contribution in [2.24, 2.45) is 0 Å². The predicted molar refractivity (Wildman–Crippen MR) is 79.1 cm³/mol. The number of hydrogen-bond acceptors (Lipinski definition) is 4. The summed E-state index contributed by atoms with van der Waals surface area (Å²) in [6.45, 7) is 3.03. The maximum Gasteiger partial charge on any atom is 0.271 e. The van der Waals surface area contributed by atoms with E-state index in [-0.39, 0.29) is 10.6 Å². The van der Waals surface area contributed by atoms with Crippen LogP contribution in [0.5, 0.6) is 0 Å². The molecule has 0 radical (unpaired) electrons. The zero-order valence-corrected chi connectivity index (χ0v) is 11.8. The number of nitrogens with one attached hydrogen (secondary N) is 2. The van der Waals surface area contributed by atoms with E-state index in [0.29, 0.717) is 11.6 Å². The molecule has 1 saturated heterocycles. The zero-order chi connectivity index (χ0) is 14.2. The summed E-state index contributed by atoms with van der Waals surface area (Å²) in [6, 6.07) is 5.46. The molecule has 1 aromatic rings. The Morgan fingerprint density at radius 1 is 1.45 bits per heavy atom. The van der Waals surface area contributed by atoms with Crippen LogP contribution in [0.25, 0.3) is 0 Å². The monoisotopic (exact) mass is 275 g/mol. The van der Waals surface area contributed by atoms with Gasteiger partial charge in [0.05, 0.1) is 4.92 Å². The normalized spacial score (nSPS) is 24.1. The van der Waals surface area contributed by atoms with Crippen LogP contribution in [0.4, 0.5) is 11.4 Å². The number of nitro benzene ring substituents is 1. The molecule has 3 rings (SSSR count). The van der Waals surface area contributed by atoms with Gasteiger partial charge < -0.3 is 10.6 Å². The first-order chi connectivity index (χ1) is 9.58. The van der Waals surface area contributed by atoms with Crippen molar-refractivity contribution < 1.29 is 4.92 Å². The van der Waals surface area contributed by atoms with Crippen molar-refractivity contribution in [3.8, 4) is 0 Å². The maximum atomic E-state index is 10.9. The lowest BCUT2D eigenvalue weighted by atomic mass is 9.70. The highest BCUT2D eigenvalue weighted by Gasteiger charge is 2.40. The van der Waals surface area contributed by atoms with Gasteiger partial charge in [-0.05, 0) is 51.1 Å². The summed E-state index contributed by atoms with van der Waals surface area (Å²) in [5.41, 5.74) is 2.47. The SMILES string of the molecule is Cc1ccc([N+](=O)[O-])cc1NC1CCNC2(CCC2)C1. The molecular weight excluding hydrogens is 254 g/mol. The van der Waals surface area contributed by atoms with Gasteiger partial charge in [-0.15, -0.1) is 0 Å². The second-order valence-corrected chi connectivity index (χ2v) is 6.15. The summed E-state index contributed by atoms with van der Waals surface area (Å²) in [6.07, 6.45) is 6.03. The van der Waals surface area contributed by atoms with Crippen molar-refractivity contribution in [1.82, 2.24) is 5.32 Å². The first kappa shape index (κ1) is 13.4. The molecule has 1 aromatic carbocycles. The Morgan fingerprint density at radius 2 is 2.25 bits per heavy atom. The van der Waals surface area contributed by atoms with Crippen LogP contribution in [0.2, 0.25) is 0 Å². The Morgan fingerprint density at radius 3 is 2.90 bits per heavy atom. The highest BCUT2D eigenvalue weighted by molar-refractivity contribution is 5.57. The van der Waals surface area contributed by atoms with E-state index in [4.69, 9.17) is 0 Å². The highest BCUT2D eigenvalue weighted by atomic mass is 16.6. The van der Waals surface area contributed by atoms with Gasteiger partial charge in [-0.25, -0.2) is 0 Å². The summed E-state index contributed by atoms with van der Waals surface area (Å²) in [5, 5.41) is 18.1. The molecule has 1 atom stereocenters. The zero-order valence-electron chi connectivity index (χ0n) is 11.8. The smallest absolute Gasteiger partial charge is 0.271 e. The molecule has 1 spiro atoms. The standard InChI is InChI=1S/C15H21N3O2/c1-11-3-4-13(18(19)20)9-14(11)17-12-5-8-16-15(10-12)6-2-7-15/h3-4,9,12,16-17H,2,5-8,10H2,1H3. The second kappa shape index (κ2) is 5.05. The largest absolute Gasteiger partial charge is 0.382 e. The fourth-order valence-electron chi connectivity index (χ4n) is 3.36. The molecule has 5 nitrogen and oxygen atoms in total. The molecule has 1 unspecified atom stereocenters. The van der Waals surface area contributed by atoms with Gasteiger partial charge in [0.25, 0.3) is 5.69 Å². The van der Waals surface area contributed by atoms with Crippen molar-refractivity contribution in [3.63, 3.8) is 0 Å². The van der Waals surface area contributed by atoms with E-state index < -0.39 is 0 Å². The molecule has 2 N–H and O–H groups in total. The van der Waals surface area contributed by atoms with Gasteiger partial charge >= 0.3 is 0 Å². The van der Waals surface area contributed by atoms with Gasteiger partial charge in [-0.3, -0.25) is 10.1 Å². The van der Waals surface area contributed by atoms with Crippen molar-refractivity contribution in [3.05, 3.63) is 33.9 Å². The van der Waals surface area contributed by atoms with Crippen LogP contribution in [0.3, 0.4) is 0 Å². The highest BCUT2D eigenvalue weighted by Crippen LogP contribution is 2.39. The van der Waals surface area contributed by atoms with Gasteiger partial charge in [-0.2, -0.15) is 0 Å². The topological polar surface area (TPSA) is 67.2 Å². The second-order valence-electron chi connectivity index (χ2n) is 6.15. The van der Waals surface area contributed by atoms with Gasteiger partial charge in [0.15, 0.2) is 0 Å². The molecule has 1 aliphatic heterocycles. The molecule has 0 aromatic heterocycles. The van der Waals surface area contributed by atoms with Crippen LogP contribution < -0.4 is 10.6 Å². The van der Waals surface area contributed by atoms with E-state index in [1.165, 1.54) is 19.3 Å². The van der Waals surface area contributed by atoms with Gasteiger partial charge in [0, 0.05) is 29.4 Å². The minimum absolute atomic E-state index is 0.158. The summed E-state index contributed by atoms with van der Waals surface area (Å²) >= 11 is 0. The van der Waals surface area contributed by atoms with Crippen molar-refractivity contribution in [1.29, 1.82) is 0 Å². The molecule has 108 valence electrons. The first-order valence-electron chi connectivity index (χ1n) is 7.35. The molecule has 0 bridgehead atoms. The fraction of sp³-hybridized carbons (Fsp3) is 0.600. The van der Waals surface area contributed by atoms with Crippen molar-refractivity contribution in [2.75, 3.05) is 11.9 Å². The predicted octanol–water partition coefficient (Wildman–Crippen LogP) is 2.99. The van der Waals surface area contributed by atoms with Crippen LogP contribution in [0, 0.1) is 17.0 Å². The third-order valence-electron chi connectivity index (χ3n) is 4.73. The Bertz CT molecular complexity index is 526. The average molecular weight is 275 g/mol. The molecular formula is C15H21N3O2. The average Bonchev–Trinajstić information content (AvgIpc) is 2.39. The molecule has 5 heteroatoms. The van der Waals surface area contributed by atoms with Crippen LogP contribution >= 0.6 is 0 Å².